The van der Waals surface area contributed by atoms with Crippen molar-refractivity contribution in [3.05, 3.63) is 59.3 Å². The van der Waals surface area contributed by atoms with Crippen molar-refractivity contribution < 1.29 is 9.59 Å². The monoisotopic (exact) mass is 450 g/mol. The zero-order chi connectivity index (χ0) is 23.2. The van der Waals surface area contributed by atoms with E-state index in [9.17, 15) is 9.59 Å². The fourth-order valence-electron chi connectivity index (χ4n) is 4.85. The maximum Gasteiger partial charge on any atom is 0.251 e. The zero-order valence-corrected chi connectivity index (χ0v) is 19.2. The van der Waals surface area contributed by atoms with E-state index in [1.165, 1.54) is 0 Å². The standard InChI is InChI=1S/C25H34N6O2/c1-17-4-2-5-19(12-17)25(33)27-13-24(32)29-20-14-31(15-20)21-10-8-18(9-11-21)22-6-3-7-23(30-22)28-16-26/h2-7,12,18,20-21H,8-11,13-16,26H2,1H3,(H,27,33)(H,28,30)(H,29,32)/t18-,21+. The molecule has 1 aliphatic heterocycles. The average molecular weight is 451 g/mol. The third-order valence-corrected chi connectivity index (χ3v) is 6.65. The maximum atomic E-state index is 12.2. The molecule has 2 heterocycles. The molecule has 2 aromatic rings. The quantitative estimate of drug-likeness (QED) is 0.458. The lowest BCUT2D eigenvalue weighted by Crippen LogP contribution is -2.63. The molecule has 0 spiro atoms. The number of anilines is 1. The van der Waals surface area contributed by atoms with Gasteiger partial charge in [-0.1, -0.05) is 23.8 Å². The summed E-state index contributed by atoms with van der Waals surface area (Å²) in [5.41, 5.74) is 8.30. The maximum absolute atomic E-state index is 12.2. The summed E-state index contributed by atoms with van der Waals surface area (Å²) >= 11 is 0. The van der Waals surface area contributed by atoms with E-state index >= 15 is 0 Å². The number of rotatable bonds is 8. The fraction of sp³-hybridized carbons (Fsp3) is 0.480. The molecule has 8 nitrogen and oxygen atoms in total. The Balaban J connectivity index is 1.15. The molecular weight excluding hydrogens is 416 g/mol. The molecule has 1 saturated carbocycles. The molecule has 4 rings (SSSR count). The van der Waals surface area contributed by atoms with Gasteiger partial charge in [-0.25, -0.2) is 4.98 Å². The molecule has 1 aliphatic carbocycles. The minimum Gasteiger partial charge on any atom is -0.358 e. The van der Waals surface area contributed by atoms with Gasteiger partial charge in [0.2, 0.25) is 5.91 Å². The molecule has 2 amide bonds. The number of amides is 2. The van der Waals surface area contributed by atoms with E-state index in [1.54, 1.807) is 6.07 Å². The van der Waals surface area contributed by atoms with Crippen molar-refractivity contribution in [1.82, 2.24) is 20.5 Å². The van der Waals surface area contributed by atoms with Crippen LogP contribution in [0.15, 0.2) is 42.5 Å². The third kappa shape index (κ3) is 6.09. The second kappa shape index (κ2) is 10.8. The molecule has 33 heavy (non-hydrogen) atoms. The third-order valence-electron chi connectivity index (χ3n) is 6.65. The summed E-state index contributed by atoms with van der Waals surface area (Å²) in [5, 5.41) is 8.82. The van der Waals surface area contributed by atoms with E-state index in [1.807, 2.05) is 37.3 Å². The Kier molecular flexibility index (Phi) is 7.57. The molecule has 176 valence electrons. The largest absolute Gasteiger partial charge is 0.358 e. The zero-order valence-electron chi connectivity index (χ0n) is 19.2. The molecule has 0 atom stereocenters. The highest BCUT2D eigenvalue weighted by molar-refractivity contribution is 5.96. The summed E-state index contributed by atoms with van der Waals surface area (Å²) < 4.78 is 0. The Hall–Kier alpha value is -2.97. The van der Waals surface area contributed by atoms with Crippen LogP contribution >= 0.6 is 0 Å². The summed E-state index contributed by atoms with van der Waals surface area (Å²) in [6.45, 7) is 4.07. The Morgan fingerprint density at radius 2 is 1.85 bits per heavy atom. The van der Waals surface area contributed by atoms with Crippen molar-refractivity contribution in [3.8, 4) is 0 Å². The molecule has 0 bridgehead atoms. The Labute approximate surface area is 195 Å². The van der Waals surface area contributed by atoms with Gasteiger partial charge in [0.1, 0.15) is 5.82 Å². The number of hydrogen-bond acceptors (Lipinski definition) is 6. The van der Waals surface area contributed by atoms with Crippen LogP contribution in [0, 0.1) is 6.92 Å². The summed E-state index contributed by atoms with van der Waals surface area (Å²) in [7, 11) is 0. The molecule has 2 fully saturated rings. The number of benzene rings is 1. The van der Waals surface area contributed by atoms with Crippen molar-refractivity contribution >= 4 is 17.6 Å². The summed E-state index contributed by atoms with van der Waals surface area (Å²) in [5.74, 6) is 0.976. The van der Waals surface area contributed by atoms with E-state index in [0.717, 1.165) is 55.8 Å². The number of carbonyl (C=O) groups is 2. The highest BCUT2D eigenvalue weighted by Crippen LogP contribution is 2.35. The SMILES string of the molecule is Cc1cccc(C(=O)NCC(=O)NC2CN([C@H]3CC[C@@H](c4cccc(NCN)n4)CC3)C2)c1. The molecular formula is C25H34N6O2. The summed E-state index contributed by atoms with van der Waals surface area (Å²) in [4.78, 5) is 31.6. The lowest BCUT2D eigenvalue weighted by molar-refractivity contribution is -0.122. The van der Waals surface area contributed by atoms with Gasteiger partial charge in [0.05, 0.1) is 19.3 Å². The first-order valence-electron chi connectivity index (χ1n) is 11.8. The van der Waals surface area contributed by atoms with Crippen molar-refractivity contribution in [2.75, 3.05) is 31.6 Å². The lowest BCUT2D eigenvalue weighted by Gasteiger charge is -2.46. The van der Waals surface area contributed by atoms with E-state index in [0.29, 0.717) is 24.2 Å². The first-order chi connectivity index (χ1) is 16.0. The smallest absolute Gasteiger partial charge is 0.251 e. The van der Waals surface area contributed by atoms with Crippen LogP contribution in [0.5, 0.6) is 0 Å². The average Bonchev–Trinajstić information content (AvgIpc) is 2.80. The van der Waals surface area contributed by atoms with Crippen LogP contribution in [-0.2, 0) is 4.79 Å². The Bertz CT molecular complexity index is 967. The summed E-state index contributed by atoms with van der Waals surface area (Å²) in [6.07, 6.45) is 4.55. The lowest BCUT2D eigenvalue weighted by atomic mass is 9.82. The van der Waals surface area contributed by atoms with Crippen LogP contribution in [0.25, 0.3) is 0 Å². The second-order valence-corrected chi connectivity index (χ2v) is 9.10. The highest BCUT2D eigenvalue weighted by Gasteiger charge is 2.35. The van der Waals surface area contributed by atoms with Gasteiger partial charge in [0.15, 0.2) is 0 Å². The number of nitrogens with two attached hydrogens (primary N) is 1. The van der Waals surface area contributed by atoms with Crippen molar-refractivity contribution in [2.45, 2.75) is 50.6 Å². The van der Waals surface area contributed by atoms with Crippen LogP contribution < -0.4 is 21.7 Å². The predicted molar refractivity (Wildman–Crippen MR) is 129 cm³/mol. The van der Waals surface area contributed by atoms with Gasteiger partial charge in [-0.2, -0.15) is 0 Å². The number of pyridine rings is 1. The van der Waals surface area contributed by atoms with Gasteiger partial charge >= 0.3 is 0 Å². The van der Waals surface area contributed by atoms with Gasteiger partial charge < -0.3 is 21.7 Å². The molecule has 1 aromatic heterocycles. The van der Waals surface area contributed by atoms with Gasteiger partial charge in [-0.05, 0) is 56.9 Å². The molecule has 1 saturated heterocycles. The van der Waals surface area contributed by atoms with Crippen molar-refractivity contribution in [1.29, 1.82) is 0 Å². The molecule has 0 unspecified atom stereocenters. The molecule has 0 radical (unpaired) electrons. The van der Waals surface area contributed by atoms with E-state index in [4.69, 9.17) is 10.7 Å². The minimum absolute atomic E-state index is 0.000535. The first-order valence-corrected chi connectivity index (χ1v) is 11.8. The molecule has 2 aliphatic rings. The second-order valence-electron chi connectivity index (χ2n) is 9.10. The molecule has 1 aromatic carbocycles. The van der Waals surface area contributed by atoms with Crippen LogP contribution in [0.2, 0.25) is 0 Å². The van der Waals surface area contributed by atoms with E-state index < -0.39 is 0 Å². The first kappa shape index (κ1) is 23.2. The number of nitrogens with one attached hydrogen (secondary N) is 3. The van der Waals surface area contributed by atoms with Crippen LogP contribution in [0.4, 0.5) is 5.82 Å². The minimum atomic E-state index is -0.223. The molecule has 5 N–H and O–H groups in total. The van der Waals surface area contributed by atoms with E-state index in [-0.39, 0.29) is 24.4 Å². The number of likely N-dealkylation sites (tertiary alicyclic amines) is 1. The molecule has 8 heteroatoms. The summed E-state index contributed by atoms with van der Waals surface area (Å²) in [6, 6.07) is 14.2. The van der Waals surface area contributed by atoms with Crippen LogP contribution in [0.1, 0.15) is 53.2 Å². The van der Waals surface area contributed by atoms with Crippen molar-refractivity contribution in [3.63, 3.8) is 0 Å². The van der Waals surface area contributed by atoms with Gasteiger partial charge in [0, 0.05) is 36.3 Å². The van der Waals surface area contributed by atoms with Crippen molar-refractivity contribution in [2.24, 2.45) is 5.73 Å². The fourth-order valence-corrected chi connectivity index (χ4v) is 4.85. The number of hydrogen-bond donors (Lipinski definition) is 4. The van der Waals surface area contributed by atoms with Gasteiger partial charge in [0.25, 0.3) is 5.91 Å². The number of aromatic nitrogens is 1. The van der Waals surface area contributed by atoms with Crippen LogP contribution in [0.3, 0.4) is 0 Å². The Morgan fingerprint density at radius 3 is 2.58 bits per heavy atom. The normalized spacial score (nSPS) is 21.2. The van der Waals surface area contributed by atoms with Crippen LogP contribution in [-0.4, -0.2) is 60.1 Å². The predicted octanol–water partition coefficient (Wildman–Crippen LogP) is 1.97. The topological polar surface area (TPSA) is 112 Å². The number of carbonyl (C=O) groups excluding carboxylic acids is 2. The van der Waals surface area contributed by atoms with E-state index in [2.05, 4.69) is 26.9 Å². The van der Waals surface area contributed by atoms with Gasteiger partial charge in [-0.15, -0.1) is 0 Å². The number of aryl methyl sites for hydroxylation is 1. The van der Waals surface area contributed by atoms with Gasteiger partial charge in [-0.3, -0.25) is 14.5 Å². The highest BCUT2D eigenvalue weighted by atomic mass is 16.2. The Morgan fingerprint density at radius 1 is 1.09 bits per heavy atom. The number of nitrogens with zero attached hydrogens (tertiary/aromatic N) is 2.